The Morgan fingerprint density at radius 3 is 2.24 bits per heavy atom. The number of rotatable bonds is 7. The molecule has 0 unspecified atom stereocenters. The average molecular weight is 342 g/mol. The molecular formula is C19H22N2O4. The molecule has 0 bridgehead atoms. The van der Waals surface area contributed by atoms with Gasteiger partial charge in [-0.2, -0.15) is 0 Å². The summed E-state index contributed by atoms with van der Waals surface area (Å²) >= 11 is 0. The van der Waals surface area contributed by atoms with E-state index in [0.29, 0.717) is 17.2 Å². The van der Waals surface area contributed by atoms with Gasteiger partial charge < -0.3 is 20.1 Å². The first-order valence-corrected chi connectivity index (χ1v) is 7.86. The first kappa shape index (κ1) is 18.3. The van der Waals surface area contributed by atoms with Gasteiger partial charge in [-0.25, -0.2) is 0 Å². The zero-order chi connectivity index (χ0) is 18.2. The van der Waals surface area contributed by atoms with Gasteiger partial charge in [0.1, 0.15) is 0 Å². The molecule has 0 heterocycles. The Morgan fingerprint density at radius 2 is 1.60 bits per heavy atom. The van der Waals surface area contributed by atoms with E-state index in [4.69, 9.17) is 9.47 Å². The lowest BCUT2D eigenvalue weighted by atomic mass is 10.1. The van der Waals surface area contributed by atoms with Gasteiger partial charge in [-0.1, -0.05) is 23.8 Å². The zero-order valence-corrected chi connectivity index (χ0v) is 14.6. The third-order valence-electron chi connectivity index (χ3n) is 3.59. The lowest BCUT2D eigenvalue weighted by Crippen LogP contribution is -2.33. The summed E-state index contributed by atoms with van der Waals surface area (Å²) in [5, 5.41) is 5.34. The monoisotopic (exact) mass is 342 g/mol. The van der Waals surface area contributed by atoms with Gasteiger partial charge in [-0.3, -0.25) is 9.59 Å². The van der Waals surface area contributed by atoms with Crippen LogP contribution in [0.25, 0.3) is 0 Å². The molecule has 0 saturated carbocycles. The van der Waals surface area contributed by atoms with Crippen molar-refractivity contribution < 1.29 is 19.1 Å². The second kappa shape index (κ2) is 8.73. The standard InChI is InChI=1S/C19H22N2O4/c1-13-4-7-15(8-5-13)21-19(23)12-20-18(22)11-14-6-9-16(24-2)17(10-14)25-3/h4-10H,11-12H2,1-3H3,(H,20,22)(H,21,23). The molecule has 0 atom stereocenters. The van der Waals surface area contributed by atoms with Crippen molar-refractivity contribution in [2.45, 2.75) is 13.3 Å². The molecule has 132 valence electrons. The highest BCUT2D eigenvalue weighted by atomic mass is 16.5. The molecule has 0 aliphatic rings. The highest BCUT2D eigenvalue weighted by Crippen LogP contribution is 2.27. The first-order chi connectivity index (χ1) is 12.0. The van der Waals surface area contributed by atoms with Crippen molar-refractivity contribution in [3.05, 3.63) is 53.6 Å². The number of benzene rings is 2. The summed E-state index contributed by atoms with van der Waals surface area (Å²) in [6, 6.07) is 12.7. The number of nitrogens with one attached hydrogen (secondary N) is 2. The minimum atomic E-state index is -0.274. The molecule has 2 rings (SSSR count). The molecule has 0 aliphatic heterocycles. The van der Waals surface area contributed by atoms with E-state index in [1.54, 1.807) is 25.3 Å². The van der Waals surface area contributed by atoms with Gasteiger partial charge in [0.25, 0.3) is 0 Å². The Balaban J connectivity index is 1.84. The summed E-state index contributed by atoms with van der Waals surface area (Å²) in [6.45, 7) is 1.89. The van der Waals surface area contributed by atoms with Gasteiger partial charge in [-0.15, -0.1) is 0 Å². The van der Waals surface area contributed by atoms with E-state index in [2.05, 4.69) is 10.6 Å². The smallest absolute Gasteiger partial charge is 0.243 e. The number of amides is 2. The SMILES string of the molecule is COc1ccc(CC(=O)NCC(=O)Nc2ccc(C)cc2)cc1OC. The molecule has 6 heteroatoms. The number of anilines is 1. The summed E-state index contributed by atoms with van der Waals surface area (Å²) in [7, 11) is 3.09. The fraction of sp³-hybridized carbons (Fsp3) is 0.263. The minimum absolute atomic E-state index is 0.0833. The number of methoxy groups -OCH3 is 2. The molecule has 2 aromatic rings. The van der Waals surface area contributed by atoms with Crippen molar-refractivity contribution in [1.82, 2.24) is 5.32 Å². The highest BCUT2D eigenvalue weighted by molar-refractivity contribution is 5.94. The fourth-order valence-electron chi connectivity index (χ4n) is 2.26. The van der Waals surface area contributed by atoms with Gasteiger partial charge in [-0.05, 0) is 36.8 Å². The highest BCUT2D eigenvalue weighted by Gasteiger charge is 2.10. The van der Waals surface area contributed by atoms with Crippen LogP contribution < -0.4 is 20.1 Å². The van der Waals surface area contributed by atoms with Crippen LogP contribution in [0.4, 0.5) is 5.69 Å². The van der Waals surface area contributed by atoms with E-state index in [-0.39, 0.29) is 24.8 Å². The molecule has 0 spiro atoms. The zero-order valence-electron chi connectivity index (χ0n) is 14.6. The first-order valence-electron chi connectivity index (χ1n) is 7.86. The quantitative estimate of drug-likeness (QED) is 0.809. The van der Waals surface area contributed by atoms with E-state index in [0.717, 1.165) is 11.1 Å². The maximum absolute atomic E-state index is 12.0. The van der Waals surface area contributed by atoms with Crippen molar-refractivity contribution in [1.29, 1.82) is 0 Å². The minimum Gasteiger partial charge on any atom is -0.493 e. The maximum Gasteiger partial charge on any atom is 0.243 e. The van der Waals surface area contributed by atoms with E-state index < -0.39 is 0 Å². The molecule has 2 aromatic carbocycles. The Bertz CT molecular complexity index is 742. The summed E-state index contributed by atoms with van der Waals surface area (Å²) < 4.78 is 10.4. The lowest BCUT2D eigenvalue weighted by molar-refractivity contribution is -0.123. The van der Waals surface area contributed by atoms with Crippen molar-refractivity contribution in [3.63, 3.8) is 0 Å². The van der Waals surface area contributed by atoms with Gasteiger partial charge in [0.05, 0.1) is 27.2 Å². The largest absolute Gasteiger partial charge is 0.493 e. The third kappa shape index (κ3) is 5.53. The molecule has 2 N–H and O–H groups in total. The van der Waals surface area contributed by atoms with Crippen LogP contribution >= 0.6 is 0 Å². The summed E-state index contributed by atoms with van der Waals surface area (Å²) in [5.41, 5.74) is 2.58. The molecular weight excluding hydrogens is 320 g/mol. The molecule has 2 amide bonds. The Morgan fingerprint density at radius 1 is 0.920 bits per heavy atom. The van der Waals surface area contributed by atoms with E-state index in [9.17, 15) is 9.59 Å². The molecule has 25 heavy (non-hydrogen) atoms. The average Bonchev–Trinajstić information content (AvgIpc) is 2.62. The maximum atomic E-state index is 12.0. The number of aryl methyl sites for hydroxylation is 1. The van der Waals surface area contributed by atoms with E-state index in [1.807, 2.05) is 31.2 Å². The van der Waals surface area contributed by atoms with E-state index >= 15 is 0 Å². The van der Waals surface area contributed by atoms with Crippen molar-refractivity contribution in [2.75, 3.05) is 26.1 Å². The molecule has 0 aromatic heterocycles. The Kier molecular flexibility index (Phi) is 6.39. The van der Waals surface area contributed by atoms with Gasteiger partial charge in [0.15, 0.2) is 11.5 Å². The number of carbonyl (C=O) groups is 2. The summed E-state index contributed by atoms with van der Waals surface area (Å²) in [5.74, 6) is 0.643. The van der Waals surface area contributed by atoms with Crippen molar-refractivity contribution >= 4 is 17.5 Å². The predicted molar refractivity (Wildman–Crippen MR) is 96.1 cm³/mol. The van der Waals surface area contributed by atoms with Crippen molar-refractivity contribution in [3.8, 4) is 11.5 Å². The van der Waals surface area contributed by atoms with Crippen LogP contribution in [0.2, 0.25) is 0 Å². The van der Waals surface area contributed by atoms with Crippen molar-refractivity contribution in [2.24, 2.45) is 0 Å². The van der Waals surface area contributed by atoms with Crippen LogP contribution in [0.3, 0.4) is 0 Å². The van der Waals surface area contributed by atoms with Gasteiger partial charge >= 0.3 is 0 Å². The van der Waals surface area contributed by atoms with Crippen LogP contribution in [0, 0.1) is 6.92 Å². The molecule has 0 aliphatic carbocycles. The molecule has 0 saturated heterocycles. The van der Waals surface area contributed by atoms with Crippen LogP contribution in [0.1, 0.15) is 11.1 Å². The number of ether oxygens (including phenoxy) is 2. The summed E-state index contributed by atoms with van der Waals surface area (Å²) in [4.78, 5) is 23.9. The summed E-state index contributed by atoms with van der Waals surface area (Å²) in [6.07, 6.45) is 0.151. The topological polar surface area (TPSA) is 76.7 Å². The van der Waals surface area contributed by atoms with E-state index in [1.165, 1.54) is 7.11 Å². The van der Waals surface area contributed by atoms with Crippen LogP contribution in [0.15, 0.2) is 42.5 Å². The number of hydrogen-bond donors (Lipinski definition) is 2. The van der Waals surface area contributed by atoms with Gasteiger partial charge in [0, 0.05) is 5.69 Å². The molecule has 0 fully saturated rings. The Labute approximate surface area is 147 Å². The normalized spacial score (nSPS) is 10.0. The second-order valence-corrected chi connectivity index (χ2v) is 5.56. The predicted octanol–water partition coefficient (Wildman–Crippen LogP) is 2.31. The molecule has 6 nitrogen and oxygen atoms in total. The van der Waals surface area contributed by atoms with Crippen LogP contribution in [-0.2, 0) is 16.0 Å². The third-order valence-corrected chi connectivity index (χ3v) is 3.59. The van der Waals surface area contributed by atoms with Gasteiger partial charge in [0.2, 0.25) is 11.8 Å². The lowest BCUT2D eigenvalue weighted by Gasteiger charge is -2.10. The second-order valence-electron chi connectivity index (χ2n) is 5.56. The number of hydrogen-bond acceptors (Lipinski definition) is 4. The fourth-order valence-corrected chi connectivity index (χ4v) is 2.26. The molecule has 0 radical (unpaired) electrons. The van der Waals surface area contributed by atoms with Crippen LogP contribution in [0.5, 0.6) is 11.5 Å². The van der Waals surface area contributed by atoms with Crippen LogP contribution in [-0.4, -0.2) is 32.6 Å². The Hall–Kier alpha value is -3.02. The number of carbonyl (C=O) groups excluding carboxylic acids is 2.